The molecule has 0 heterocycles. The summed E-state index contributed by atoms with van der Waals surface area (Å²) in [5, 5.41) is 5.25. The second-order valence-electron chi connectivity index (χ2n) is 4.96. The zero-order chi connectivity index (χ0) is 17.8. The smallest absolute Gasteiger partial charge is 0.350 e. The van der Waals surface area contributed by atoms with Crippen molar-refractivity contribution in [3.63, 3.8) is 0 Å². The largest absolute Gasteiger partial charge is 0.416 e. The van der Waals surface area contributed by atoms with E-state index >= 15 is 0 Å². The standard InChI is InChI=1S/C14H16F6N2O.ClH/c1-3-21-8(2)7-22-12(23)9-4-10(13(15,16)17)6-11(5-9)14(18,19)20;/h4-6,8,21H,3,7H2,1-2H3,(H,22,23);1H/t8-;/m1./s1. The van der Waals surface area contributed by atoms with Gasteiger partial charge in [-0.2, -0.15) is 26.3 Å². The van der Waals surface area contributed by atoms with Crippen molar-refractivity contribution >= 4 is 18.3 Å². The summed E-state index contributed by atoms with van der Waals surface area (Å²) in [6.45, 7) is 4.22. The third kappa shape index (κ3) is 6.56. The Morgan fingerprint density at radius 3 is 1.88 bits per heavy atom. The quantitative estimate of drug-likeness (QED) is 0.764. The van der Waals surface area contributed by atoms with Crippen molar-refractivity contribution in [2.24, 2.45) is 0 Å². The van der Waals surface area contributed by atoms with E-state index in [-0.39, 0.29) is 31.1 Å². The molecule has 0 saturated heterocycles. The van der Waals surface area contributed by atoms with E-state index in [1.807, 2.05) is 6.92 Å². The second kappa shape index (κ2) is 8.57. The van der Waals surface area contributed by atoms with Crippen LogP contribution >= 0.6 is 12.4 Å². The van der Waals surface area contributed by atoms with Crippen molar-refractivity contribution in [2.75, 3.05) is 13.1 Å². The third-order valence-electron chi connectivity index (χ3n) is 2.97. The first-order chi connectivity index (χ1) is 10.4. The van der Waals surface area contributed by atoms with E-state index in [4.69, 9.17) is 0 Å². The lowest BCUT2D eigenvalue weighted by atomic mass is 10.0. The Labute approximate surface area is 141 Å². The number of carbonyl (C=O) groups excluding carboxylic acids is 1. The highest BCUT2D eigenvalue weighted by Gasteiger charge is 2.37. The molecule has 1 amide bonds. The van der Waals surface area contributed by atoms with Gasteiger partial charge in [0.05, 0.1) is 11.1 Å². The van der Waals surface area contributed by atoms with E-state index in [0.717, 1.165) is 0 Å². The molecule has 0 aromatic heterocycles. The molecule has 0 spiro atoms. The number of rotatable bonds is 5. The molecule has 1 rings (SSSR count). The molecule has 24 heavy (non-hydrogen) atoms. The van der Waals surface area contributed by atoms with Gasteiger partial charge in [-0.1, -0.05) is 6.92 Å². The predicted molar refractivity (Wildman–Crippen MR) is 79.2 cm³/mol. The third-order valence-corrected chi connectivity index (χ3v) is 2.97. The molecule has 3 nitrogen and oxygen atoms in total. The van der Waals surface area contributed by atoms with Crippen LogP contribution in [0.1, 0.15) is 35.3 Å². The number of nitrogens with one attached hydrogen (secondary N) is 2. The molecule has 0 aliphatic rings. The van der Waals surface area contributed by atoms with Gasteiger partial charge in [0.25, 0.3) is 5.91 Å². The Morgan fingerprint density at radius 1 is 1.04 bits per heavy atom. The summed E-state index contributed by atoms with van der Waals surface area (Å²) in [6, 6.07) is 0.625. The summed E-state index contributed by atoms with van der Waals surface area (Å²) in [4.78, 5) is 11.8. The van der Waals surface area contributed by atoms with E-state index in [0.29, 0.717) is 18.7 Å². The molecule has 0 aliphatic heterocycles. The number of likely N-dealkylation sites (N-methyl/N-ethyl adjacent to an activating group) is 1. The Bertz CT molecular complexity index is 527. The number of amides is 1. The highest BCUT2D eigenvalue weighted by molar-refractivity contribution is 5.94. The van der Waals surface area contributed by atoms with Crippen LogP contribution in [0.2, 0.25) is 0 Å². The van der Waals surface area contributed by atoms with Crippen LogP contribution in [-0.2, 0) is 12.4 Å². The molecule has 2 N–H and O–H groups in total. The molecule has 0 unspecified atom stereocenters. The molecule has 138 valence electrons. The van der Waals surface area contributed by atoms with Gasteiger partial charge in [-0.15, -0.1) is 12.4 Å². The van der Waals surface area contributed by atoms with Crippen molar-refractivity contribution in [2.45, 2.75) is 32.2 Å². The van der Waals surface area contributed by atoms with Crippen LogP contribution in [0.5, 0.6) is 0 Å². The summed E-state index contributed by atoms with van der Waals surface area (Å²) in [5.41, 5.74) is -3.72. The van der Waals surface area contributed by atoms with Crippen molar-refractivity contribution in [3.8, 4) is 0 Å². The molecule has 0 saturated carbocycles. The summed E-state index contributed by atoms with van der Waals surface area (Å²) in [7, 11) is 0. The van der Waals surface area contributed by atoms with Gasteiger partial charge >= 0.3 is 12.4 Å². The number of halogens is 7. The molecular weight excluding hydrogens is 362 g/mol. The maximum atomic E-state index is 12.7. The van der Waals surface area contributed by atoms with Gasteiger partial charge in [-0.25, -0.2) is 0 Å². The van der Waals surface area contributed by atoms with E-state index in [1.165, 1.54) is 0 Å². The minimum absolute atomic E-state index is 0. The Hall–Kier alpha value is -1.48. The van der Waals surface area contributed by atoms with Gasteiger partial charge in [0, 0.05) is 18.2 Å². The lowest BCUT2D eigenvalue weighted by Crippen LogP contribution is -2.38. The zero-order valence-electron chi connectivity index (χ0n) is 12.8. The first-order valence-corrected chi connectivity index (χ1v) is 6.76. The summed E-state index contributed by atoms with van der Waals surface area (Å²) in [5.74, 6) is -0.994. The van der Waals surface area contributed by atoms with Crippen LogP contribution in [0.4, 0.5) is 26.3 Å². The number of benzene rings is 1. The molecule has 0 bridgehead atoms. The second-order valence-corrected chi connectivity index (χ2v) is 4.96. The maximum Gasteiger partial charge on any atom is 0.416 e. The Kier molecular flexibility index (Phi) is 8.04. The Balaban J connectivity index is 0.00000529. The van der Waals surface area contributed by atoms with Crippen molar-refractivity contribution in [1.82, 2.24) is 10.6 Å². The van der Waals surface area contributed by atoms with E-state index in [2.05, 4.69) is 10.6 Å². The van der Waals surface area contributed by atoms with Crippen LogP contribution in [-0.4, -0.2) is 25.0 Å². The minimum atomic E-state index is -4.98. The number of carbonyl (C=O) groups is 1. The molecule has 1 atom stereocenters. The Morgan fingerprint density at radius 2 is 1.50 bits per heavy atom. The fourth-order valence-corrected chi connectivity index (χ4v) is 1.85. The summed E-state index contributed by atoms with van der Waals surface area (Å²) in [6.07, 6.45) is -9.96. The van der Waals surface area contributed by atoms with Crippen LogP contribution in [0.15, 0.2) is 18.2 Å². The number of hydrogen-bond acceptors (Lipinski definition) is 2. The lowest BCUT2D eigenvalue weighted by Gasteiger charge is -2.16. The average molecular weight is 379 g/mol. The van der Waals surface area contributed by atoms with Gasteiger partial charge in [0.2, 0.25) is 0 Å². The first kappa shape index (κ1) is 22.5. The van der Waals surface area contributed by atoms with Gasteiger partial charge in [-0.3, -0.25) is 4.79 Å². The molecule has 0 fully saturated rings. The van der Waals surface area contributed by atoms with E-state index in [9.17, 15) is 31.1 Å². The minimum Gasteiger partial charge on any atom is -0.350 e. The topological polar surface area (TPSA) is 41.1 Å². The van der Waals surface area contributed by atoms with Crippen molar-refractivity contribution in [3.05, 3.63) is 34.9 Å². The number of hydrogen-bond donors (Lipinski definition) is 2. The fourth-order valence-electron chi connectivity index (χ4n) is 1.85. The van der Waals surface area contributed by atoms with Crippen LogP contribution in [0, 0.1) is 0 Å². The number of alkyl halides is 6. The SMILES string of the molecule is CCN[C@H](C)CNC(=O)c1cc(C(F)(F)F)cc(C(F)(F)F)c1.Cl. The predicted octanol–water partition coefficient (Wildman–Crippen LogP) is 3.87. The molecule has 1 aromatic rings. The van der Waals surface area contributed by atoms with Crippen molar-refractivity contribution < 1.29 is 31.1 Å². The van der Waals surface area contributed by atoms with Gasteiger partial charge < -0.3 is 10.6 Å². The van der Waals surface area contributed by atoms with Crippen LogP contribution < -0.4 is 10.6 Å². The molecule has 0 radical (unpaired) electrons. The normalized spacial score (nSPS) is 13.2. The van der Waals surface area contributed by atoms with Gasteiger partial charge in [0.15, 0.2) is 0 Å². The first-order valence-electron chi connectivity index (χ1n) is 6.76. The monoisotopic (exact) mass is 378 g/mol. The van der Waals surface area contributed by atoms with Crippen LogP contribution in [0.3, 0.4) is 0 Å². The van der Waals surface area contributed by atoms with Crippen molar-refractivity contribution in [1.29, 1.82) is 0 Å². The molecule has 10 heteroatoms. The maximum absolute atomic E-state index is 12.7. The lowest BCUT2D eigenvalue weighted by molar-refractivity contribution is -0.143. The zero-order valence-corrected chi connectivity index (χ0v) is 13.6. The van der Waals surface area contributed by atoms with E-state index in [1.54, 1.807) is 6.92 Å². The highest BCUT2D eigenvalue weighted by Crippen LogP contribution is 2.36. The summed E-state index contributed by atoms with van der Waals surface area (Å²) < 4.78 is 76.2. The average Bonchev–Trinajstić information content (AvgIpc) is 2.42. The van der Waals surface area contributed by atoms with Gasteiger partial charge in [0.1, 0.15) is 0 Å². The molecular formula is C14H17ClF6N2O. The molecule has 0 aliphatic carbocycles. The summed E-state index contributed by atoms with van der Waals surface area (Å²) >= 11 is 0. The highest BCUT2D eigenvalue weighted by atomic mass is 35.5. The van der Waals surface area contributed by atoms with E-state index < -0.39 is 35.0 Å². The molecule has 1 aromatic carbocycles. The fraction of sp³-hybridized carbons (Fsp3) is 0.500. The van der Waals surface area contributed by atoms with Crippen LogP contribution in [0.25, 0.3) is 0 Å². The van der Waals surface area contributed by atoms with Gasteiger partial charge in [-0.05, 0) is 31.7 Å².